The van der Waals surface area contributed by atoms with Gasteiger partial charge in [-0.05, 0) is 24.3 Å². The van der Waals surface area contributed by atoms with Crippen LogP contribution in [0.3, 0.4) is 0 Å². The predicted molar refractivity (Wildman–Crippen MR) is 69.5 cm³/mol. The summed E-state index contributed by atoms with van der Waals surface area (Å²) in [4.78, 5) is 0. The Morgan fingerprint density at radius 2 is 1.94 bits per heavy atom. The average molecular weight is 274 g/mol. The summed E-state index contributed by atoms with van der Waals surface area (Å²) in [7, 11) is -3.21. The monoisotopic (exact) mass is 273 g/mol. The number of sulfonamides is 1. The van der Waals surface area contributed by atoms with Crippen LogP contribution in [0.5, 0.6) is 0 Å². The van der Waals surface area contributed by atoms with Crippen LogP contribution in [-0.2, 0) is 10.0 Å². The normalized spacial score (nSPS) is 17.9. The van der Waals surface area contributed by atoms with Crippen LogP contribution >= 0.6 is 11.6 Å². The van der Waals surface area contributed by atoms with E-state index in [4.69, 9.17) is 11.6 Å². The smallest absolute Gasteiger partial charge is 0.212 e. The summed E-state index contributed by atoms with van der Waals surface area (Å²) in [5.41, 5.74) is 0.905. The van der Waals surface area contributed by atoms with Gasteiger partial charge in [0.15, 0.2) is 0 Å². The van der Waals surface area contributed by atoms with Gasteiger partial charge in [-0.15, -0.1) is 11.6 Å². The Kier molecular flexibility index (Phi) is 4.07. The van der Waals surface area contributed by atoms with Gasteiger partial charge in [-0.1, -0.05) is 30.3 Å². The Balaban J connectivity index is 2.04. The fourth-order valence-corrected chi connectivity index (χ4v) is 3.78. The Labute approximate surface area is 107 Å². The minimum absolute atomic E-state index is 0.229. The average Bonchev–Trinajstić information content (AvgIpc) is 3.10. The quantitative estimate of drug-likeness (QED) is 0.809. The summed E-state index contributed by atoms with van der Waals surface area (Å²) in [5, 5.41) is 0. The molecule has 1 saturated carbocycles. The molecule has 17 heavy (non-hydrogen) atoms. The molecular weight excluding hydrogens is 258 g/mol. The maximum absolute atomic E-state index is 11.9. The summed E-state index contributed by atoms with van der Waals surface area (Å²) in [6.45, 7) is 0. The van der Waals surface area contributed by atoms with E-state index in [1.165, 1.54) is 0 Å². The van der Waals surface area contributed by atoms with Crippen molar-refractivity contribution in [2.24, 2.45) is 5.92 Å². The second-order valence-corrected chi connectivity index (χ2v) is 6.57. The molecule has 5 heteroatoms. The van der Waals surface area contributed by atoms with Gasteiger partial charge in [0.05, 0.1) is 11.8 Å². The number of nitrogens with one attached hydrogen (secondary N) is 1. The van der Waals surface area contributed by atoms with E-state index in [0.29, 0.717) is 5.92 Å². The molecule has 1 aromatic rings. The van der Waals surface area contributed by atoms with Crippen molar-refractivity contribution in [2.75, 3.05) is 11.6 Å². The molecule has 2 rings (SSSR count). The molecule has 1 atom stereocenters. The number of hydrogen-bond donors (Lipinski definition) is 1. The Hall–Kier alpha value is -0.580. The van der Waals surface area contributed by atoms with E-state index in [2.05, 4.69) is 4.72 Å². The van der Waals surface area contributed by atoms with E-state index < -0.39 is 10.0 Å². The molecule has 0 saturated heterocycles. The molecule has 0 aliphatic heterocycles. The third kappa shape index (κ3) is 3.98. The second kappa shape index (κ2) is 5.38. The Morgan fingerprint density at radius 3 is 2.47 bits per heavy atom. The first kappa shape index (κ1) is 12.9. The molecule has 0 spiro atoms. The molecule has 1 fully saturated rings. The minimum atomic E-state index is -3.21. The molecule has 94 valence electrons. The van der Waals surface area contributed by atoms with Crippen LogP contribution in [0.1, 0.15) is 24.4 Å². The largest absolute Gasteiger partial charge is 0.212 e. The highest BCUT2D eigenvalue weighted by Gasteiger charge is 2.29. The van der Waals surface area contributed by atoms with Gasteiger partial charge in [-0.25, -0.2) is 13.1 Å². The van der Waals surface area contributed by atoms with E-state index in [1.54, 1.807) is 0 Å². The summed E-state index contributed by atoms with van der Waals surface area (Å²) in [6.07, 6.45) is 2.05. The second-order valence-electron chi connectivity index (χ2n) is 4.46. The topological polar surface area (TPSA) is 46.2 Å². The summed E-state index contributed by atoms with van der Waals surface area (Å²) >= 11 is 5.83. The molecule has 0 bridgehead atoms. The molecule has 3 nitrogen and oxygen atoms in total. The van der Waals surface area contributed by atoms with Gasteiger partial charge < -0.3 is 0 Å². The summed E-state index contributed by atoms with van der Waals surface area (Å²) in [5.74, 6) is 0.820. The molecule has 0 heterocycles. The van der Waals surface area contributed by atoms with E-state index in [1.807, 2.05) is 30.3 Å². The van der Waals surface area contributed by atoms with E-state index in [9.17, 15) is 8.42 Å². The van der Waals surface area contributed by atoms with Gasteiger partial charge in [-0.2, -0.15) is 0 Å². The van der Waals surface area contributed by atoms with Crippen molar-refractivity contribution >= 4 is 21.6 Å². The SMILES string of the molecule is O=S(=O)(CC1CC1)NC(CCl)c1ccccc1. The number of halogens is 1. The lowest BCUT2D eigenvalue weighted by Gasteiger charge is -2.16. The minimum Gasteiger partial charge on any atom is -0.212 e. The van der Waals surface area contributed by atoms with Crippen LogP contribution in [0.25, 0.3) is 0 Å². The van der Waals surface area contributed by atoms with Crippen LogP contribution in [0.15, 0.2) is 30.3 Å². The maximum atomic E-state index is 11.9. The third-order valence-corrected chi connectivity index (χ3v) is 4.69. The third-order valence-electron chi connectivity index (χ3n) is 2.83. The zero-order valence-corrected chi connectivity index (χ0v) is 11.0. The van der Waals surface area contributed by atoms with Crippen molar-refractivity contribution in [2.45, 2.75) is 18.9 Å². The molecule has 0 aromatic heterocycles. The fourth-order valence-electron chi connectivity index (χ4n) is 1.73. The molecule has 1 aromatic carbocycles. The predicted octanol–water partition coefficient (Wildman–Crippen LogP) is 2.30. The Bertz CT molecular complexity index is 457. The highest BCUT2D eigenvalue weighted by molar-refractivity contribution is 7.89. The zero-order chi connectivity index (χ0) is 12.3. The summed E-state index contributed by atoms with van der Waals surface area (Å²) < 4.78 is 26.4. The van der Waals surface area contributed by atoms with E-state index in [0.717, 1.165) is 18.4 Å². The first-order valence-electron chi connectivity index (χ1n) is 5.71. The Morgan fingerprint density at radius 1 is 1.29 bits per heavy atom. The van der Waals surface area contributed by atoms with Crippen molar-refractivity contribution in [3.05, 3.63) is 35.9 Å². The number of rotatable bonds is 6. The van der Waals surface area contributed by atoms with Crippen LogP contribution in [-0.4, -0.2) is 20.1 Å². The van der Waals surface area contributed by atoms with Crippen molar-refractivity contribution in [1.82, 2.24) is 4.72 Å². The van der Waals surface area contributed by atoms with Crippen molar-refractivity contribution in [3.63, 3.8) is 0 Å². The standard InChI is InChI=1S/C12H16ClNO2S/c13-8-12(11-4-2-1-3-5-11)14-17(15,16)9-10-6-7-10/h1-5,10,12,14H,6-9H2. The van der Waals surface area contributed by atoms with Crippen LogP contribution < -0.4 is 4.72 Å². The molecular formula is C12H16ClNO2S. The lowest BCUT2D eigenvalue weighted by atomic mass is 10.1. The number of benzene rings is 1. The van der Waals surface area contributed by atoms with E-state index in [-0.39, 0.29) is 17.7 Å². The lowest BCUT2D eigenvalue weighted by molar-refractivity contribution is 0.564. The first-order valence-corrected chi connectivity index (χ1v) is 7.90. The molecule has 1 unspecified atom stereocenters. The lowest BCUT2D eigenvalue weighted by Crippen LogP contribution is -2.32. The number of hydrogen-bond acceptors (Lipinski definition) is 2. The highest BCUT2D eigenvalue weighted by Crippen LogP contribution is 2.30. The molecule has 0 radical (unpaired) electrons. The molecule has 1 aliphatic rings. The molecule has 1 aliphatic carbocycles. The van der Waals surface area contributed by atoms with E-state index >= 15 is 0 Å². The van der Waals surface area contributed by atoms with Crippen molar-refractivity contribution in [1.29, 1.82) is 0 Å². The van der Waals surface area contributed by atoms with Crippen molar-refractivity contribution < 1.29 is 8.42 Å². The summed E-state index contributed by atoms with van der Waals surface area (Å²) in [6, 6.07) is 9.09. The van der Waals surface area contributed by atoms with Gasteiger partial charge in [0.25, 0.3) is 0 Å². The van der Waals surface area contributed by atoms with Crippen LogP contribution in [0.4, 0.5) is 0 Å². The molecule has 1 N–H and O–H groups in total. The van der Waals surface area contributed by atoms with Gasteiger partial charge in [0.2, 0.25) is 10.0 Å². The van der Waals surface area contributed by atoms with Crippen molar-refractivity contribution in [3.8, 4) is 0 Å². The zero-order valence-electron chi connectivity index (χ0n) is 9.47. The van der Waals surface area contributed by atoms with Gasteiger partial charge in [-0.3, -0.25) is 0 Å². The highest BCUT2D eigenvalue weighted by atomic mass is 35.5. The van der Waals surface area contributed by atoms with Crippen LogP contribution in [0, 0.1) is 5.92 Å². The molecule has 0 amide bonds. The van der Waals surface area contributed by atoms with Gasteiger partial charge in [0.1, 0.15) is 0 Å². The first-order chi connectivity index (χ1) is 8.11. The number of alkyl halides is 1. The maximum Gasteiger partial charge on any atom is 0.212 e. The fraction of sp³-hybridized carbons (Fsp3) is 0.500. The van der Waals surface area contributed by atoms with Gasteiger partial charge in [0, 0.05) is 5.88 Å². The van der Waals surface area contributed by atoms with Gasteiger partial charge >= 0.3 is 0 Å². The van der Waals surface area contributed by atoms with Crippen LogP contribution in [0.2, 0.25) is 0 Å².